The van der Waals surface area contributed by atoms with Crippen LogP contribution in [-0.2, 0) is 40.0 Å². The van der Waals surface area contributed by atoms with Crippen molar-refractivity contribution in [3.05, 3.63) is 84.2 Å². The lowest BCUT2D eigenvalue weighted by Crippen LogP contribution is -2.59. The van der Waals surface area contributed by atoms with Crippen molar-refractivity contribution < 1.29 is 38.2 Å². The van der Waals surface area contributed by atoms with Gasteiger partial charge in [0.2, 0.25) is 11.8 Å². The van der Waals surface area contributed by atoms with Gasteiger partial charge in [-0.25, -0.2) is 9.59 Å². The van der Waals surface area contributed by atoms with E-state index in [9.17, 15) is 24.0 Å². The summed E-state index contributed by atoms with van der Waals surface area (Å²) < 4.78 is 17.5. The molecule has 14 heteroatoms. The first kappa shape index (κ1) is 37.6. The van der Waals surface area contributed by atoms with Gasteiger partial charge in [-0.05, 0) is 58.6 Å². The van der Waals surface area contributed by atoms with Gasteiger partial charge in [0, 0.05) is 12.7 Å². The van der Waals surface area contributed by atoms with E-state index in [0.717, 1.165) is 5.56 Å². The summed E-state index contributed by atoms with van der Waals surface area (Å²) in [5, 5.41) is 12.4. The summed E-state index contributed by atoms with van der Waals surface area (Å²) in [5.41, 5.74) is -0.478. The molecule has 4 rings (SSSR count). The molecule has 3 N–H and O–H groups in total. The smallest absolute Gasteiger partial charge is 0.408 e. The second kappa shape index (κ2) is 16.4. The van der Waals surface area contributed by atoms with Crippen molar-refractivity contribution in [3.63, 3.8) is 0 Å². The number of esters is 1. The Bertz CT molecular complexity index is 1640. The number of hydrogen-bond acceptors (Lipinski definition) is 9. The summed E-state index contributed by atoms with van der Waals surface area (Å²) in [7, 11) is 1.29. The number of aromatic nitrogens is 2. The summed E-state index contributed by atoms with van der Waals surface area (Å²) in [6.45, 7) is 8.46. The first-order chi connectivity index (χ1) is 23.7. The number of ether oxygens (including phenoxy) is 3. The van der Waals surface area contributed by atoms with Crippen molar-refractivity contribution in [2.45, 2.75) is 83.3 Å². The number of likely N-dealkylation sites (tertiary alicyclic amines) is 1. The summed E-state index contributed by atoms with van der Waals surface area (Å²) in [6, 6.07) is 15.5. The molecule has 3 atom stereocenters. The van der Waals surface area contributed by atoms with E-state index in [1.54, 1.807) is 45.0 Å². The number of benzene rings is 2. The number of carbonyl (C=O) groups excluding carboxylic acids is 5. The zero-order valence-electron chi connectivity index (χ0n) is 29.3. The Labute approximate surface area is 291 Å². The molecular formula is C36H46N6O8. The van der Waals surface area contributed by atoms with Crippen molar-refractivity contribution in [1.82, 2.24) is 25.3 Å². The molecule has 1 saturated heterocycles. The van der Waals surface area contributed by atoms with E-state index in [0.29, 0.717) is 24.9 Å². The van der Waals surface area contributed by atoms with Crippen molar-refractivity contribution >= 4 is 35.5 Å². The van der Waals surface area contributed by atoms with Crippen LogP contribution < -0.4 is 16.0 Å². The molecule has 0 saturated carbocycles. The quantitative estimate of drug-likeness (QED) is 0.227. The van der Waals surface area contributed by atoms with Gasteiger partial charge in [0.1, 0.15) is 23.2 Å². The van der Waals surface area contributed by atoms with Gasteiger partial charge in [0.05, 0.1) is 32.2 Å². The number of nitrogens with zero attached hydrogens (tertiary/aromatic N) is 3. The van der Waals surface area contributed by atoms with Crippen LogP contribution in [0.15, 0.2) is 73.1 Å². The first-order valence-electron chi connectivity index (χ1n) is 16.4. The third-order valence-electron chi connectivity index (χ3n) is 7.89. The van der Waals surface area contributed by atoms with E-state index in [-0.39, 0.29) is 24.8 Å². The van der Waals surface area contributed by atoms with Crippen molar-refractivity contribution in [1.29, 1.82) is 0 Å². The Morgan fingerprint density at radius 2 is 1.62 bits per heavy atom. The van der Waals surface area contributed by atoms with Crippen LogP contribution in [0.2, 0.25) is 0 Å². The summed E-state index contributed by atoms with van der Waals surface area (Å²) in [6.07, 6.45) is 3.25. The number of methoxy groups -OCH3 is 1. The lowest BCUT2D eigenvalue weighted by Gasteiger charge is -2.29. The number of nitrogens with one attached hydrogen (secondary N) is 3. The van der Waals surface area contributed by atoms with Gasteiger partial charge in [0.15, 0.2) is 6.04 Å². The van der Waals surface area contributed by atoms with E-state index in [2.05, 4.69) is 21.0 Å². The number of amides is 4. The Morgan fingerprint density at radius 3 is 2.26 bits per heavy atom. The maximum atomic E-state index is 14.0. The van der Waals surface area contributed by atoms with Gasteiger partial charge in [0.25, 0.3) is 5.91 Å². The van der Waals surface area contributed by atoms with E-state index in [1.807, 2.05) is 36.4 Å². The van der Waals surface area contributed by atoms with Crippen LogP contribution in [0.4, 0.5) is 10.5 Å². The normalized spacial score (nSPS) is 15.8. The van der Waals surface area contributed by atoms with Gasteiger partial charge in [-0.15, -0.1) is 0 Å². The van der Waals surface area contributed by atoms with Crippen LogP contribution in [0.3, 0.4) is 0 Å². The Morgan fingerprint density at radius 1 is 0.960 bits per heavy atom. The number of hydrogen-bond donors (Lipinski definition) is 3. The average Bonchev–Trinajstić information content (AvgIpc) is 3.74. The Hall–Kier alpha value is -5.24. The third kappa shape index (κ3) is 10.1. The molecule has 268 valence electrons. The highest BCUT2D eigenvalue weighted by atomic mass is 16.6. The maximum absolute atomic E-state index is 14.0. The van der Waals surface area contributed by atoms with E-state index in [4.69, 9.17) is 14.2 Å². The van der Waals surface area contributed by atoms with Crippen molar-refractivity contribution in [2.24, 2.45) is 0 Å². The highest BCUT2D eigenvalue weighted by Crippen LogP contribution is 2.27. The molecule has 2 heterocycles. The second-order valence-corrected chi connectivity index (χ2v) is 13.5. The minimum Gasteiger partial charge on any atom is -0.467 e. The lowest BCUT2D eigenvalue weighted by atomic mass is 10.0. The molecule has 0 spiro atoms. The molecule has 0 aliphatic carbocycles. The monoisotopic (exact) mass is 690 g/mol. The topological polar surface area (TPSA) is 170 Å². The van der Waals surface area contributed by atoms with Crippen LogP contribution in [0.25, 0.3) is 0 Å². The number of anilines is 1. The molecule has 1 aliphatic heterocycles. The van der Waals surface area contributed by atoms with Crippen LogP contribution >= 0.6 is 0 Å². The SMILES string of the molecule is COC(=O)[C@@H]1CCCN1C(=O)C(c1ccccc1)n1cc(NC(=O)[C@@H](COCc2ccccc2)NC(=O)C(C)(C)NC(=O)OC(C)(C)C)cn1. The molecule has 1 unspecified atom stereocenters. The maximum Gasteiger partial charge on any atom is 0.408 e. The van der Waals surface area contributed by atoms with Gasteiger partial charge in [-0.1, -0.05) is 60.7 Å². The van der Waals surface area contributed by atoms with Gasteiger partial charge in [-0.3, -0.25) is 19.1 Å². The Balaban J connectivity index is 1.53. The van der Waals surface area contributed by atoms with Crippen molar-refractivity contribution in [3.8, 4) is 0 Å². The zero-order valence-corrected chi connectivity index (χ0v) is 29.3. The van der Waals surface area contributed by atoms with Crippen LogP contribution in [0.1, 0.15) is 64.6 Å². The van der Waals surface area contributed by atoms with Gasteiger partial charge in [-0.2, -0.15) is 5.10 Å². The third-order valence-corrected chi connectivity index (χ3v) is 7.89. The molecule has 50 heavy (non-hydrogen) atoms. The molecule has 2 aromatic carbocycles. The highest BCUT2D eigenvalue weighted by molar-refractivity contribution is 5.99. The molecule has 1 fully saturated rings. The van der Waals surface area contributed by atoms with E-state index < -0.39 is 53.1 Å². The largest absolute Gasteiger partial charge is 0.467 e. The summed E-state index contributed by atoms with van der Waals surface area (Å²) in [4.78, 5) is 67.5. The number of rotatable bonds is 13. The molecule has 4 amide bonds. The summed E-state index contributed by atoms with van der Waals surface area (Å²) >= 11 is 0. The Kier molecular flexibility index (Phi) is 12.4. The zero-order chi connectivity index (χ0) is 36.5. The predicted octanol–water partition coefficient (Wildman–Crippen LogP) is 3.58. The van der Waals surface area contributed by atoms with Crippen LogP contribution in [0, 0.1) is 0 Å². The second-order valence-electron chi connectivity index (χ2n) is 13.5. The molecule has 14 nitrogen and oxygen atoms in total. The van der Waals surface area contributed by atoms with Crippen LogP contribution in [-0.4, -0.2) is 87.9 Å². The van der Waals surface area contributed by atoms with Crippen molar-refractivity contribution in [2.75, 3.05) is 25.6 Å². The molecule has 0 bridgehead atoms. The molecular weight excluding hydrogens is 644 g/mol. The molecule has 1 aromatic heterocycles. The summed E-state index contributed by atoms with van der Waals surface area (Å²) in [5.74, 6) is -2.10. The highest BCUT2D eigenvalue weighted by Gasteiger charge is 2.39. The van der Waals surface area contributed by atoms with E-state index >= 15 is 0 Å². The molecule has 3 aromatic rings. The lowest BCUT2D eigenvalue weighted by molar-refractivity contribution is -0.151. The number of alkyl carbamates (subject to hydrolysis) is 1. The van der Waals surface area contributed by atoms with Gasteiger partial charge >= 0.3 is 12.1 Å². The minimum absolute atomic E-state index is 0.182. The van der Waals surface area contributed by atoms with Crippen LogP contribution in [0.5, 0.6) is 0 Å². The fraction of sp³-hybridized carbons (Fsp3) is 0.444. The van der Waals surface area contributed by atoms with E-state index in [1.165, 1.54) is 42.9 Å². The minimum atomic E-state index is -1.45. The fourth-order valence-electron chi connectivity index (χ4n) is 5.39. The average molecular weight is 691 g/mol. The molecule has 1 aliphatic rings. The predicted molar refractivity (Wildman–Crippen MR) is 184 cm³/mol. The fourth-order valence-corrected chi connectivity index (χ4v) is 5.39. The van der Waals surface area contributed by atoms with Gasteiger partial charge < -0.3 is 35.1 Å². The standard InChI is InChI=1S/C36H46N6O8/c1-35(2,3)50-34(47)40-36(4,5)33(46)39-27(23-49-22-24-14-9-7-10-15-24)30(43)38-26-20-37-42(21-26)29(25-16-11-8-12-17-25)31(44)41-19-13-18-28(41)32(45)48-6/h7-12,14-17,20-21,27-29H,13,18-19,22-23H2,1-6H3,(H,38,43)(H,39,46)(H,40,47)/t27-,28+,29?/m1/s1. The molecule has 0 radical (unpaired) electrons. The number of carbonyl (C=O) groups is 5. The first-order valence-corrected chi connectivity index (χ1v) is 16.4.